The van der Waals surface area contributed by atoms with Crippen LogP contribution in [-0.4, -0.2) is 42.9 Å². The minimum Gasteiger partial charge on any atom is -0.492 e. The number of anilines is 2. The number of nitrogens with two attached hydrogens (primary N) is 1. The third kappa shape index (κ3) is 3.69. The molecule has 3 aromatic rings. The molecular weight excluding hydrogens is 440 g/mol. The maximum Gasteiger partial charge on any atom is 0.376 e. The van der Waals surface area contributed by atoms with E-state index in [1.165, 1.54) is 7.11 Å². The van der Waals surface area contributed by atoms with Gasteiger partial charge in [-0.15, -0.1) is 0 Å². The minimum absolute atomic E-state index is 0.0703. The zero-order chi connectivity index (χ0) is 22.8. The molecule has 0 spiro atoms. The SMILES string of the molecule is CCOC(=O)c1nc(Cc2ccc3c(c2)OCO3)c2c(N)c(Cl)c(NC=O)c(OC)c2n1. The number of hydrogen-bond acceptors (Lipinski definition) is 9. The number of rotatable bonds is 7. The molecule has 0 saturated carbocycles. The van der Waals surface area contributed by atoms with Crippen LogP contribution in [0.4, 0.5) is 11.4 Å². The summed E-state index contributed by atoms with van der Waals surface area (Å²) in [5.74, 6) is 0.509. The first-order valence-electron chi connectivity index (χ1n) is 9.59. The first-order valence-corrected chi connectivity index (χ1v) is 9.97. The zero-order valence-corrected chi connectivity index (χ0v) is 18.0. The topological polar surface area (TPSA) is 135 Å². The van der Waals surface area contributed by atoms with Crippen molar-refractivity contribution in [1.82, 2.24) is 9.97 Å². The summed E-state index contributed by atoms with van der Waals surface area (Å²) < 4.78 is 21.3. The third-order valence-corrected chi connectivity index (χ3v) is 5.22. The predicted molar refractivity (Wildman–Crippen MR) is 117 cm³/mol. The number of carbonyl (C=O) groups is 2. The van der Waals surface area contributed by atoms with E-state index in [4.69, 9.17) is 36.3 Å². The number of methoxy groups -OCH3 is 1. The Kier molecular flexibility index (Phi) is 5.87. The molecule has 3 N–H and O–H groups in total. The van der Waals surface area contributed by atoms with Gasteiger partial charge in [0.1, 0.15) is 11.2 Å². The highest BCUT2D eigenvalue weighted by atomic mass is 35.5. The molecule has 2 aromatic carbocycles. The van der Waals surface area contributed by atoms with E-state index < -0.39 is 5.97 Å². The van der Waals surface area contributed by atoms with Crippen LogP contribution in [-0.2, 0) is 16.0 Å². The number of benzene rings is 2. The van der Waals surface area contributed by atoms with Gasteiger partial charge in [0.25, 0.3) is 0 Å². The average Bonchev–Trinajstić information content (AvgIpc) is 3.25. The highest BCUT2D eigenvalue weighted by molar-refractivity contribution is 6.38. The van der Waals surface area contributed by atoms with Crippen molar-refractivity contribution in [3.8, 4) is 17.2 Å². The van der Waals surface area contributed by atoms with Crippen LogP contribution in [0.15, 0.2) is 18.2 Å². The standard InChI is InChI=1S/C21H19ClN4O6/c1-3-30-21(28)20-25-11(6-10-4-5-12-13(7-10)32-9-31-12)14-16(23)15(22)18(24-8-27)19(29-2)17(14)26-20/h4-5,7-8H,3,6,9,23H2,1-2H3,(H,24,27). The van der Waals surface area contributed by atoms with Gasteiger partial charge < -0.3 is 30.0 Å². The van der Waals surface area contributed by atoms with Gasteiger partial charge in [0.2, 0.25) is 19.0 Å². The normalized spacial score (nSPS) is 12.0. The van der Waals surface area contributed by atoms with E-state index in [1.54, 1.807) is 13.0 Å². The average molecular weight is 459 g/mol. The molecule has 11 heteroatoms. The summed E-state index contributed by atoms with van der Waals surface area (Å²) in [4.78, 5) is 32.3. The molecule has 1 aliphatic heterocycles. The van der Waals surface area contributed by atoms with Crippen molar-refractivity contribution in [3.63, 3.8) is 0 Å². The predicted octanol–water partition coefficient (Wildman–Crippen LogP) is 2.94. The van der Waals surface area contributed by atoms with E-state index in [0.717, 1.165) is 5.56 Å². The Morgan fingerprint density at radius 1 is 1.31 bits per heavy atom. The van der Waals surface area contributed by atoms with Crippen LogP contribution >= 0.6 is 11.6 Å². The quantitative estimate of drug-likeness (QED) is 0.311. The monoisotopic (exact) mass is 458 g/mol. The summed E-state index contributed by atoms with van der Waals surface area (Å²) >= 11 is 6.43. The Morgan fingerprint density at radius 2 is 2.09 bits per heavy atom. The van der Waals surface area contributed by atoms with Crippen molar-refractivity contribution in [1.29, 1.82) is 0 Å². The Labute approximate surface area is 187 Å². The van der Waals surface area contributed by atoms with Crippen LogP contribution in [0.5, 0.6) is 17.2 Å². The van der Waals surface area contributed by atoms with E-state index in [9.17, 15) is 9.59 Å². The number of nitrogens with zero attached hydrogens (tertiary/aromatic N) is 2. The summed E-state index contributed by atoms with van der Waals surface area (Å²) in [6.07, 6.45) is 0.711. The molecule has 0 atom stereocenters. The number of fused-ring (bicyclic) bond motifs is 2. The van der Waals surface area contributed by atoms with Gasteiger partial charge in [-0.25, -0.2) is 14.8 Å². The Bertz CT molecular complexity index is 1230. The number of nitrogen functional groups attached to an aromatic ring is 1. The van der Waals surface area contributed by atoms with Gasteiger partial charge in [-0.2, -0.15) is 0 Å². The van der Waals surface area contributed by atoms with E-state index in [0.29, 0.717) is 29.0 Å². The zero-order valence-electron chi connectivity index (χ0n) is 17.2. The van der Waals surface area contributed by atoms with Crippen LogP contribution in [0, 0.1) is 0 Å². The number of amides is 1. The number of carbonyl (C=O) groups excluding carboxylic acids is 2. The number of halogens is 1. The molecule has 0 saturated heterocycles. The molecule has 166 valence electrons. The van der Waals surface area contributed by atoms with E-state index in [-0.39, 0.29) is 53.3 Å². The molecule has 0 unspecified atom stereocenters. The van der Waals surface area contributed by atoms with Gasteiger partial charge in [0.15, 0.2) is 17.2 Å². The number of nitrogens with one attached hydrogen (secondary N) is 1. The largest absolute Gasteiger partial charge is 0.492 e. The highest BCUT2D eigenvalue weighted by Crippen LogP contribution is 2.45. The molecular formula is C21H19ClN4O6. The first kappa shape index (κ1) is 21.4. The van der Waals surface area contributed by atoms with Crippen molar-refractivity contribution in [2.45, 2.75) is 13.3 Å². The van der Waals surface area contributed by atoms with Crippen LogP contribution in [0.2, 0.25) is 5.02 Å². The van der Waals surface area contributed by atoms with Crippen molar-refractivity contribution in [2.24, 2.45) is 0 Å². The maximum absolute atomic E-state index is 12.5. The molecule has 32 heavy (non-hydrogen) atoms. The van der Waals surface area contributed by atoms with E-state index >= 15 is 0 Å². The van der Waals surface area contributed by atoms with Crippen LogP contribution in [0.1, 0.15) is 28.8 Å². The lowest BCUT2D eigenvalue weighted by Crippen LogP contribution is -2.14. The number of ether oxygens (including phenoxy) is 4. The summed E-state index contributed by atoms with van der Waals surface area (Å²) in [6.45, 7) is 1.97. The minimum atomic E-state index is -0.707. The lowest BCUT2D eigenvalue weighted by Gasteiger charge is -2.17. The number of aromatic nitrogens is 2. The Hall–Kier alpha value is -3.79. The fourth-order valence-electron chi connectivity index (χ4n) is 3.46. The van der Waals surface area contributed by atoms with Crippen molar-refractivity contribution < 1.29 is 28.5 Å². The lowest BCUT2D eigenvalue weighted by atomic mass is 10.0. The molecule has 10 nitrogen and oxygen atoms in total. The van der Waals surface area contributed by atoms with Gasteiger partial charge in [0.05, 0.1) is 35.5 Å². The fraction of sp³-hybridized carbons (Fsp3) is 0.238. The fourth-order valence-corrected chi connectivity index (χ4v) is 3.70. The number of esters is 1. The Morgan fingerprint density at radius 3 is 2.81 bits per heavy atom. The molecule has 1 amide bonds. The molecule has 0 radical (unpaired) electrons. The highest BCUT2D eigenvalue weighted by Gasteiger charge is 2.25. The van der Waals surface area contributed by atoms with Gasteiger partial charge in [-0.1, -0.05) is 17.7 Å². The van der Waals surface area contributed by atoms with E-state index in [1.807, 2.05) is 12.1 Å². The molecule has 4 rings (SSSR count). The second-order valence-electron chi connectivity index (χ2n) is 6.70. The second-order valence-corrected chi connectivity index (χ2v) is 7.08. The molecule has 0 aliphatic carbocycles. The van der Waals surface area contributed by atoms with Gasteiger partial charge in [0, 0.05) is 6.42 Å². The molecule has 2 heterocycles. The van der Waals surface area contributed by atoms with Crippen LogP contribution < -0.4 is 25.3 Å². The van der Waals surface area contributed by atoms with Crippen molar-refractivity contribution >= 4 is 46.3 Å². The molecule has 0 bridgehead atoms. The number of hydrogen-bond donors (Lipinski definition) is 2. The second kappa shape index (κ2) is 8.75. The maximum atomic E-state index is 12.5. The van der Waals surface area contributed by atoms with Gasteiger partial charge in [-0.05, 0) is 24.6 Å². The first-order chi connectivity index (χ1) is 15.5. The van der Waals surface area contributed by atoms with Crippen molar-refractivity contribution in [2.75, 3.05) is 31.6 Å². The summed E-state index contributed by atoms with van der Waals surface area (Å²) in [5, 5.41) is 2.94. The lowest BCUT2D eigenvalue weighted by molar-refractivity contribution is -0.105. The van der Waals surface area contributed by atoms with Gasteiger partial charge in [-0.3, -0.25) is 4.79 Å². The van der Waals surface area contributed by atoms with Crippen molar-refractivity contribution in [3.05, 3.63) is 40.3 Å². The smallest absolute Gasteiger partial charge is 0.376 e. The molecule has 1 aliphatic rings. The Balaban J connectivity index is 1.96. The molecule has 1 aromatic heterocycles. The molecule has 0 fully saturated rings. The van der Waals surface area contributed by atoms with Crippen LogP contribution in [0.3, 0.4) is 0 Å². The summed E-state index contributed by atoms with van der Waals surface area (Å²) in [6, 6.07) is 5.46. The van der Waals surface area contributed by atoms with Crippen LogP contribution in [0.25, 0.3) is 10.9 Å². The summed E-state index contributed by atoms with van der Waals surface area (Å²) in [5.41, 5.74) is 8.06. The van der Waals surface area contributed by atoms with E-state index in [2.05, 4.69) is 15.3 Å². The third-order valence-electron chi connectivity index (χ3n) is 4.83. The van der Waals surface area contributed by atoms with Gasteiger partial charge >= 0.3 is 5.97 Å². The summed E-state index contributed by atoms with van der Waals surface area (Å²) in [7, 11) is 1.39.